The molecule has 0 N–H and O–H groups in total. The fourth-order valence-corrected chi connectivity index (χ4v) is 4.22. The van der Waals surface area contributed by atoms with Gasteiger partial charge in [0.25, 0.3) is 0 Å². The van der Waals surface area contributed by atoms with E-state index in [0.29, 0.717) is 31.2 Å². The van der Waals surface area contributed by atoms with Crippen LogP contribution < -0.4 is 0 Å². The van der Waals surface area contributed by atoms with Crippen molar-refractivity contribution in [1.82, 2.24) is 4.31 Å². The van der Waals surface area contributed by atoms with Gasteiger partial charge in [-0.25, -0.2) is 8.42 Å². The predicted molar refractivity (Wildman–Crippen MR) is 80.8 cm³/mol. The van der Waals surface area contributed by atoms with Crippen LogP contribution in [0.25, 0.3) is 0 Å². The average Bonchev–Trinajstić information content (AvgIpc) is 2.48. The van der Waals surface area contributed by atoms with Gasteiger partial charge in [-0.05, 0) is 31.4 Å². The SMILES string of the molecule is COCCOC1CCN(S(=O)(=O)c2ccccc2C)CC1. The molecule has 1 heterocycles. The lowest BCUT2D eigenvalue weighted by Gasteiger charge is -2.31. The molecule has 118 valence electrons. The van der Waals surface area contributed by atoms with Crippen LogP contribution in [-0.2, 0) is 19.5 Å². The fourth-order valence-electron chi connectivity index (χ4n) is 2.52. The lowest BCUT2D eigenvalue weighted by atomic mass is 10.1. The number of piperidine rings is 1. The Bertz CT molecular complexity index is 551. The van der Waals surface area contributed by atoms with Crippen molar-refractivity contribution in [2.45, 2.75) is 30.8 Å². The van der Waals surface area contributed by atoms with E-state index < -0.39 is 10.0 Å². The first-order valence-corrected chi connectivity index (χ1v) is 8.66. The monoisotopic (exact) mass is 313 g/mol. The Morgan fingerprint density at radius 1 is 1.19 bits per heavy atom. The van der Waals surface area contributed by atoms with Gasteiger partial charge < -0.3 is 9.47 Å². The number of ether oxygens (including phenoxy) is 2. The van der Waals surface area contributed by atoms with E-state index in [9.17, 15) is 8.42 Å². The summed E-state index contributed by atoms with van der Waals surface area (Å²) in [6.45, 7) is 3.98. The van der Waals surface area contributed by atoms with Gasteiger partial charge in [0.2, 0.25) is 10.0 Å². The van der Waals surface area contributed by atoms with Crippen molar-refractivity contribution < 1.29 is 17.9 Å². The number of hydrogen-bond acceptors (Lipinski definition) is 4. The number of hydrogen-bond donors (Lipinski definition) is 0. The van der Waals surface area contributed by atoms with E-state index in [4.69, 9.17) is 9.47 Å². The van der Waals surface area contributed by atoms with Crippen molar-refractivity contribution >= 4 is 10.0 Å². The molecule has 2 rings (SSSR count). The van der Waals surface area contributed by atoms with Crippen molar-refractivity contribution in [3.63, 3.8) is 0 Å². The Labute approximate surface area is 126 Å². The fraction of sp³-hybridized carbons (Fsp3) is 0.600. The Hall–Kier alpha value is -0.950. The number of aryl methyl sites for hydroxylation is 1. The molecule has 0 atom stereocenters. The largest absolute Gasteiger partial charge is 0.382 e. The normalized spacial score (nSPS) is 18.0. The highest BCUT2D eigenvalue weighted by Crippen LogP contribution is 2.24. The highest BCUT2D eigenvalue weighted by atomic mass is 32.2. The Kier molecular flexibility index (Phi) is 5.75. The van der Waals surface area contributed by atoms with Crippen LogP contribution in [0.3, 0.4) is 0 Å². The van der Waals surface area contributed by atoms with Crippen LogP contribution in [-0.4, -0.2) is 52.2 Å². The standard InChI is InChI=1S/C15H23NO4S/c1-13-5-3-4-6-15(13)21(17,18)16-9-7-14(8-10-16)20-12-11-19-2/h3-6,14H,7-12H2,1-2H3. The van der Waals surface area contributed by atoms with Gasteiger partial charge in [0.05, 0.1) is 24.2 Å². The second-order valence-corrected chi connectivity index (χ2v) is 7.14. The Morgan fingerprint density at radius 2 is 1.86 bits per heavy atom. The smallest absolute Gasteiger partial charge is 0.243 e. The molecule has 0 unspecified atom stereocenters. The molecule has 0 bridgehead atoms. The molecule has 0 spiro atoms. The molecular weight excluding hydrogens is 290 g/mol. The van der Waals surface area contributed by atoms with Crippen molar-refractivity contribution in [2.75, 3.05) is 33.4 Å². The van der Waals surface area contributed by atoms with Gasteiger partial charge in [-0.2, -0.15) is 4.31 Å². The zero-order valence-electron chi connectivity index (χ0n) is 12.6. The summed E-state index contributed by atoms with van der Waals surface area (Å²) in [4.78, 5) is 0.406. The second-order valence-electron chi connectivity index (χ2n) is 5.23. The van der Waals surface area contributed by atoms with E-state index >= 15 is 0 Å². The maximum Gasteiger partial charge on any atom is 0.243 e. The van der Waals surface area contributed by atoms with Gasteiger partial charge >= 0.3 is 0 Å². The van der Waals surface area contributed by atoms with Crippen LogP contribution >= 0.6 is 0 Å². The van der Waals surface area contributed by atoms with Gasteiger partial charge in [-0.1, -0.05) is 18.2 Å². The quantitative estimate of drug-likeness (QED) is 0.752. The number of nitrogens with zero attached hydrogens (tertiary/aromatic N) is 1. The molecule has 0 aliphatic carbocycles. The number of benzene rings is 1. The van der Waals surface area contributed by atoms with Crippen molar-refractivity contribution in [1.29, 1.82) is 0 Å². The number of rotatable bonds is 6. The summed E-state index contributed by atoms with van der Waals surface area (Å²) in [7, 11) is -1.75. The van der Waals surface area contributed by atoms with Crippen LogP contribution in [0, 0.1) is 6.92 Å². The zero-order chi connectivity index (χ0) is 15.3. The summed E-state index contributed by atoms with van der Waals surface area (Å²) in [6, 6.07) is 7.12. The maximum absolute atomic E-state index is 12.6. The molecule has 1 aliphatic rings. The minimum absolute atomic E-state index is 0.128. The first-order chi connectivity index (χ1) is 10.1. The zero-order valence-corrected chi connectivity index (χ0v) is 13.4. The first kappa shape index (κ1) is 16.4. The Balaban J connectivity index is 1.97. The summed E-state index contributed by atoms with van der Waals surface area (Å²) >= 11 is 0. The van der Waals surface area contributed by atoms with E-state index in [0.717, 1.165) is 18.4 Å². The summed E-state index contributed by atoms with van der Waals surface area (Å²) in [5, 5.41) is 0. The van der Waals surface area contributed by atoms with Crippen molar-refractivity contribution in [2.24, 2.45) is 0 Å². The van der Waals surface area contributed by atoms with E-state index in [1.165, 1.54) is 0 Å². The van der Waals surface area contributed by atoms with Crippen molar-refractivity contribution in [3.05, 3.63) is 29.8 Å². The van der Waals surface area contributed by atoms with Crippen LogP contribution in [0.4, 0.5) is 0 Å². The molecular formula is C15H23NO4S. The minimum atomic E-state index is -3.39. The molecule has 1 aliphatic heterocycles. The van der Waals surface area contributed by atoms with E-state index in [1.807, 2.05) is 19.1 Å². The maximum atomic E-state index is 12.6. The van der Waals surface area contributed by atoms with Gasteiger partial charge in [-0.15, -0.1) is 0 Å². The lowest BCUT2D eigenvalue weighted by molar-refractivity contribution is -0.00502. The van der Waals surface area contributed by atoms with Crippen LogP contribution in [0.15, 0.2) is 29.2 Å². The molecule has 6 heteroatoms. The van der Waals surface area contributed by atoms with E-state index in [2.05, 4.69) is 0 Å². The highest BCUT2D eigenvalue weighted by Gasteiger charge is 2.30. The molecule has 1 aromatic carbocycles. The van der Waals surface area contributed by atoms with Gasteiger partial charge in [0.15, 0.2) is 0 Å². The van der Waals surface area contributed by atoms with Crippen LogP contribution in [0.1, 0.15) is 18.4 Å². The summed E-state index contributed by atoms with van der Waals surface area (Å²) in [5.74, 6) is 0. The molecule has 0 radical (unpaired) electrons. The highest BCUT2D eigenvalue weighted by molar-refractivity contribution is 7.89. The topological polar surface area (TPSA) is 55.8 Å². The molecule has 0 saturated carbocycles. The summed E-state index contributed by atoms with van der Waals surface area (Å²) < 4.78 is 37.5. The molecule has 1 aromatic rings. The van der Waals surface area contributed by atoms with Crippen molar-refractivity contribution in [3.8, 4) is 0 Å². The van der Waals surface area contributed by atoms with Gasteiger partial charge in [0, 0.05) is 20.2 Å². The third-order valence-corrected chi connectivity index (χ3v) is 5.81. The van der Waals surface area contributed by atoms with Crippen LogP contribution in [0.5, 0.6) is 0 Å². The molecule has 0 amide bonds. The molecule has 1 saturated heterocycles. The second kappa shape index (κ2) is 7.35. The Morgan fingerprint density at radius 3 is 2.48 bits per heavy atom. The molecule has 5 nitrogen and oxygen atoms in total. The third-order valence-electron chi connectivity index (χ3n) is 3.75. The number of methoxy groups -OCH3 is 1. The lowest BCUT2D eigenvalue weighted by Crippen LogP contribution is -2.41. The van der Waals surface area contributed by atoms with E-state index in [1.54, 1.807) is 23.5 Å². The van der Waals surface area contributed by atoms with E-state index in [-0.39, 0.29) is 6.10 Å². The van der Waals surface area contributed by atoms with Gasteiger partial charge in [0.1, 0.15) is 0 Å². The third kappa shape index (κ3) is 4.03. The minimum Gasteiger partial charge on any atom is -0.382 e. The van der Waals surface area contributed by atoms with Crippen LogP contribution in [0.2, 0.25) is 0 Å². The summed E-state index contributed by atoms with van der Waals surface area (Å²) in [5.41, 5.74) is 0.788. The number of sulfonamides is 1. The molecule has 1 fully saturated rings. The van der Waals surface area contributed by atoms with Gasteiger partial charge in [-0.3, -0.25) is 0 Å². The summed E-state index contributed by atoms with van der Waals surface area (Å²) in [6.07, 6.45) is 1.59. The first-order valence-electron chi connectivity index (χ1n) is 7.22. The predicted octanol–water partition coefficient (Wildman–Crippen LogP) is 1.81. The molecule has 0 aromatic heterocycles. The molecule has 21 heavy (non-hydrogen) atoms. The average molecular weight is 313 g/mol.